The van der Waals surface area contributed by atoms with E-state index in [1.54, 1.807) is 27.1 Å². The number of methoxy groups -OCH3 is 1. The van der Waals surface area contributed by atoms with E-state index in [4.69, 9.17) is 32.9 Å². The lowest BCUT2D eigenvalue weighted by atomic mass is 9.88. The molecule has 2 N–H and O–H groups in total. The van der Waals surface area contributed by atoms with Crippen LogP contribution < -0.4 is 26.6 Å². The van der Waals surface area contributed by atoms with Gasteiger partial charge in [-0.2, -0.15) is 0 Å². The van der Waals surface area contributed by atoms with E-state index in [9.17, 15) is 14.4 Å². The van der Waals surface area contributed by atoms with Gasteiger partial charge in [-0.15, -0.1) is 0 Å². The van der Waals surface area contributed by atoms with E-state index in [1.165, 1.54) is 17.2 Å². The third kappa shape index (κ3) is 5.64. The van der Waals surface area contributed by atoms with Crippen LogP contribution in [0.15, 0.2) is 52.1 Å². The Hall–Kier alpha value is -4.78. The minimum Gasteiger partial charge on any atom is -0.481 e. The summed E-state index contributed by atoms with van der Waals surface area (Å²) in [6, 6.07) is 13.6. The van der Waals surface area contributed by atoms with E-state index >= 15 is 0 Å². The number of rotatable bonds is 6. The molecule has 1 amide bonds. The Morgan fingerprint density at radius 3 is 2.46 bits per heavy atom. The van der Waals surface area contributed by atoms with Crippen LogP contribution in [0.4, 0.5) is 11.5 Å². The molecule has 2 aromatic carbocycles. The number of ether oxygens (including phenoxy) is 1. The van der Waals surface area contributed by atoms with Crippen LogP contribution in [-0.4, -0.2) is 60.6 Å². The Labute approximate surface area is 309 Å². The fourth-order valence-electron chi connectivity index (χ4n) is 8.29. The Kier molecular flexibility index (Phi) is 8.59. The molecule has 0 radical (unpaired) electrons. The summed E-state index contributed by atoms with van der Waals surface area (Å²) in [6.45, 7) is 3.44. The number of aryl methyl sites for hydroxylation is 3. The zero-order chi connectivity index (χ0) is 36.5. The maximum Gasteiger partial charge on any atom is 0.332 e. The summed E-state index contributed by atoms with van der Waals surface area (Å²) < 4.78 is 8.29. The molecule has 0 saturated carbocycles. The van der Waals surface area contributed by atoms with Gasteiger partial charge >= 0.3 is 5.69 Å². The SMILES string of the molecule is COc1nc(-c2cccc(-c3cccc(Nc4nc(C)nc5c4c(=O)n(C)c(=O)n5C)c3Cl)c2Cl)cc2c1[C@@H](N1CC[C@]3(CCCC(=O)N3)C1)CC2. The first-order chi connectivity index (χ1) is 25.0. The molecule has 5 heterocycles. The van der Waals surface area contributed by atoms with Crippen molar-refractivity contribution >= 4 is 51.6 Å². The number of hydrogen-bond donors (Lipinski definition) is 2. The highest BCUT2D eigenvalue weighted by molar-refractivity contribution is 6.39. The van der Waals surface area contributed by atoms with E-state index in [2.05, 4.69) is 31.6 Å². The number of pyridine rings is 1. The van der Waals surface area contributed by atoms with Gasteiger partial charge in [0.2, 0.25) is 11.8 Å². The summed E-state index contributed by atoms with van der Waals surface area (Å²) in [5.41, 5.74) is 4.68. The lowest BCUT2D eigenvalue weighted by Gasteiger charge is -2.35. The highest BCUT2D eigenvalue weighted by Crippen LogP contribution is 2.47. The van der Waals surface area contributed by atoms with Crippen LogP contribution >= 0.6 is 23.2 Å². The number of hydrogen-bond acceptors (Lipinski definition) is 9. The summed E-state index contributed by atoms with van der Waals surface area (Å²) in [7, 11) is 4.64. The topological polar surface area (TPSA) is 136 Å². The molecule has 0 unspecified atom stereocenters. The molecule has 14 heteroatoms. The standard InChI is InChI=1S/C38H38Cl2N8O4/c1-20-41-33(30-34(42-20)46(2)37(51)47(3)36(30)50)43-25-11-6-9-23(32(25)40)22-8-5-10-24(31(22)39)26-18-21-13-14-27(29(21)35(44-26)52-4)48-17-16-38(19-48)15-7-12-28(49)45-38/h5-6,8-11,18,27H,7,12-17,19H2,1-4H3,(H,45,49)(H,41,42,43)/t27-,38+/m0/s1. The van der Waals surface area contributed by atoms with Gasteiger partial charge in [-0.05, 0) is 56.7 Å². The molecule has 3 aliphatic rings. The molecule has 1 aliphatic carbocycles. The third-order valence-corrected chi connectivity index (χ3v) is 11.7. The number of carbonyl (C=O) groups is 1. The molecule has 2 aliphatic heterocycles. The first-order valence-corrected chi connectivity index (χ1v) is 18.2. The van der Waals surface area contributed by atoms with E-state index in [-0.39, 0.29) is 34.3 Å². The van der Waals surface area contributed by atoms with Crippen molar-refractivity contribution in [1.82, 2.24) is 34.3 Å². The zero-order valence-corrected chi connectivity index (χ0v) is 30.9. The second kappa shape index (κ2) is 13.0. The molecule has 2 atom stereocenters. The van der Waals surface area contributed by atoms with Gasteiger partial charge in [-0.3, -0.25) is 23.6 Å². The van der Waals surface area contributed by atoms with Crippen LogP contribution in [0, 0.1) is 6.92 Å². The van der Waals surface area contributed by atoms with Crippen LogP contribution in [0.5, 0.6) is 5.88 Å². The molecule has 1 spiro atoms. The number of halogens is 2. The van der Waals surface area contributed by atoms with E-state index < -0.39 is 11.2 Å². The predicted octanol–water partition coefficient (Wildman–Crippen LogP) is 5.86. The zero-order valence-electron chi connectivity index (χ0n) is 29.3. The molecule has 52 heavy (non-hydrogen) atoms. The molecular weight excluding hydrogens is 703 g/mol. The van der Waals surface area contributed by atoms with Crippen molar-refractivity contribution < 1.29 is 9.53 Å². The smallest absolute Gasteiger partial charge is 0.332 e. The third-order valence-electron chi connectivity index (χ3n) is 10.8. The minimum atomic E-state index is -0.519. The summed E-state index contributed by atoms with van der Waals surface area (Å²) in [5, 5.41) is 7.55. The van der Waals surface area contributed by atoms with Crippen LogP contribution in [-0.2, 0) is 25.3 Å². The summed E-state index contributed by atoms with van der Waals surface area (Å²) >= 11 is 14.3. The van der Waals surface area contributed by atoms with Crippen molar-refractivity contribution in [3.05, 3.63) is 90.3 Å². The second-order valence-corrected chi connectivity index (χ2v) is 14.8. The Bertz CT molecular complexity index is 2430. The quantitative estimate of drug-likeness (QED) is 0.220. The number of nitrogens with one attached hydrogen (secondary N) is 2. The molecular formula is C38H38Cl2N8O4. The van der Waals surface area contributed by atoms with Gasteiger partial charge in [0, 0.05) is 61.9 Å². The van der Waals surface area contributed by atoms with Gasteiger partial charge in [0.1, 0.15) is 17.0 Å². The van der Waals surface area contributed by atoms with Crippen molar-refractivity contribution in [2.75, 3.05) is 25.5 Å². The molecule has 12 nitrogen and oxygen atoms in total. The average Bonchev–Trinajstić information content (AvgIpc) is 3.74. The molecule has 5 aromatic rings. The van der Waals surface area contributed by atoms with Crippen LogP contribution in [0.25, 0.3) is 33.4 Å². The fraction of sp³-hybridized carbons (Fsp3) is 0.368. The number of likely N-dealkylation sites (tertiary alicyclic amines) is 1. The Morgan fingerprint density at radius 2 is 1.69 bits per heavy atom. The van der Waals surface area contributed by atoms with Crippen molar-refractivity contribution in [3.63, 3.8) is 0 Å². The first-order valence-electron chi connectivity index (χ1n) is 17.4. The van der Waals surface area contributed by atoms with Gasteiger partial charge in [-0.25, -0.2) is 19.7 Å². The van der Waals surface area contributed by atoms with Gasteiger partial charge in [-0.1, -0.05) is 53.5 Å². The lowest BCUT2D eigenvalue weighted by Crippen LogP contribution is -2.53. The first kappa shape index (κ1) is 34.3. The maximum atomic E-state index is 13.2. The number of aromatic nitrogens is 5. The number of nitrogens with zero attached hydrogens (tertiary/aromatic N) is 6. The molecule has 0 bridgehead atoms. The van der Waals surface area contributed by atoms with Crippen molar-refractivity contribution in [1.29, 1.82) is 0 Å². The number of piperidine rings is 1. The summed E-state index contributed by atoms with van der Waals surface area (Å²) in [6.07, 6.45) is 5.35. The summed E-state index contributed by atoms with van der Waals surface area (Å²) in [5.74, 6) is 1.36. The number of carbonyl (C=O) groups excluding carboxylic acids is 1. The molecule has 8 rings (SSSR count). The normalized spacial score (nSPS) is 20.0. The molecule has 2 saturated heterocycles. The summed E-state index contributed by atoms with van der Waals surface area (Å²) in [4.78, 5) is 54.5. The van der Waals surface area contributed by atoms with E-state index in [0.29, 0.717) is 50.7 Å². The molecule has 268 valence electrons. The number of benzene rings is 2. The van der Waals surface area contributed by atoms with Crippen molar-refractivity contribution in [3.8, 4) is 28.3 Å². The number of amides is 1. The maximum absolute atomic E-state index is 13.2. The molecule has 2 fully saturated rings. The lowest BCUT2D eigenvalue weighted by molar-refractivity contribution is -0.125. The molecule has 3 aromatic heterocycles. The number of fused-ring (bicyclic) bond motifs is 2. The average molecular weight is 742 g/mol. The largest absolute Gasteiger partial charge is 0.481 e. The monoisotopic (exact) mass is 740 g/mol. The minimum absolute atomic E-state index is 0.140. The predicted molar refractivity (Wildman–Crippen MR) is 202 cm³/mol. The van der Waals surface area contributed by atoms with Crippen LogP contribution in [0.1, 0.15) is 55.1 Å². The van der Waals surface area contributed by atoms with Crippen LogP contribution in [0.2, 0.25) is 10.0 Å². The highest BCUT2D eigenvalue weighted by atomic mass is 35.5. The van der Waals surface area contributed by atoms with Crippen LogP contribution in [0.3, 0.4) is 0 Å². The fourth-order valence-corrected chi connectivity index (χ4v) is 8.88. The van der Waals surface area contributed by atoms with E-state index in [0.717, 1.165) is 60.9 Å². The van der Waals surface area contributed by atoms with Gasteiger partial charge in [0.25, 0.3) is 5.56 Å². The highest BCUT2D eigenvalue weighted by Gasteiger charge is 2.45. The van der Waals surface area contributed by atoms with Gasteiger partial charge in [0.05, 0.1) is 34.1 Å². The van der Waals surface area contributed by atoms with Crippen molar-refractivity contribution in [2.24, 2.45) is 14.1 Å². The van der Waals surface area contributed by atoms with Gasteiger partial charge in [0.15, 0.2) is 5.65 Å². The van der Waals surface area contributed by atoms with E-state index in [1.807, 2.05) is 30.3 Å². The van der Waals surface area contributed by atoms with Gasteiger partial charge < -0.3 is 15.4 Å². The Morgan fingerprint density at radius 1 is 0.942 bits per heavy atom. The van der Waals surface area contributed by atoms with Crippen molar-refractivity contribution in [2.45, 2.75) is 57.0 Å². The Balaban J connectivity index is 1.13. The number of anilines is 2. The second-order valence-electron chi connectivity index (χ2n) is 14.0.